The van der Waals surface area contributed by atoms with E-state index in [9.17, 15) is 14.5 Å². The molecular formula is C9H10ClFN2O2. The van der Waals surface area contributed by atoms with Crippen LogP contribution in [0.25, 0.3) is 0 Å². The van der Waals surface area contributed by atoms with Crippen LogP contribution in [0.15, 0.2) is 30.9 Å². The molecule has 0 aliphatic heterocycles. The van der Waals surface area contributed by atoms with Gasteiger partial charge in [0.1, 0.15) is 5.82 Å². The molecule has 0 spiro atoms. The molecule has 0 saturated heterocycles. The summed E-state index contributed by atoms with van der Waals surface area (Å²) in [6, 6.07) is 2.61. The van der Waals surface area contributed by atoms with Gasteiger partial charge in [-0.1, -0.05) is 6.08 Å². The minimum absolute atomic E-state index is 0. The third kappa shape index (κ3) is 3.00. The third-order valence-electron chi connectivity index (χ3n) is 1.80. The Morgan fingerprint density at radius 1 is 1.60 bits per heavy atom. The first-order valence-corrected chi connectivity index (χ1v) is 3.88. The van der Waals surface area contributed by atoms with Gasteiger partial charge in [-0.25, -0.2) is 4.39 Å². The van der Waals surface area contributed by atoms with Crippen molar-refractivity contribution < 1.29 is 9.31 Å². The van der Waals surface area contributed by atoms with Crippen LogP contribution in [0.5, 0.6) is 0 Å². The van der Waals surface area contributed by atoms with Crippen LogP contribution in [0.3, 0.4) is 0 Å². The molecule has 4 nitrogen and oxygen atoms in total. The zero-order valence-corrected chi connectivity index (χ0v) is 8.54. The highest BCUT2D eigenvalue weighted by Gasteiger charge is 2.17. The molecule has 0 unspecified atom stereocenters. The van der Waals surface area contributed by atoms with E-state index in [-0.39, 0.29) is 23.7 Å². The molecule has 0 aliphatic rings. The molecule has 1 aromatic rings. The summed E-state index contributed by atoms with van der Waals surface area (Å²) in [4.78, 5) is 9.88. The summed E-state index contributed by atoms with van der Waals surface area (Å²) in [7, 11) is 0. The molecule has 0 saturated carbocycles. The van der Waals surface area contributed by atoms with Crippen LogP contribution >= 0.6 is 12.4 Å². The first-order chi connectivity index (χ1) is 6.56. The van der Waals surface area contributed by atoms with Crippen LogP contribution in [0.1, 0.15) is 11.6 Å². The van der Waals surface area contributed by atoms with E-state index in [0.717, 1.165) is 12.1 Å². The number of halogens is 2. The molecule has 1 rings (SSSR count). The number of benzene rings is 1. The van der Waals surface area contributed by atoms with E-state index in [1.54, 1.807) is 0 Å². The molecule has 1 aromatic carbocycles. The Hall–Kier alpha value is -1.46. The molecule has 0 fully saturated rings. The summed E-state index contributed by atoms with van der Waals surface area (Å²) in [5.74, 6) is -0.656. The molecule has 6 heteroatoms. The van der Waals surface area contributed by atoms with Gasteiger partial charge in [-0.05, 0) is 12.1 Å². The van der Waals surface area contributed by atoms with Gasteiger partial charge >= 0.3 is 0 Å². The highest BCUT2D eigenvalue weighted by molar-refractivity contribution is 5.85. The van der Waals surface area contributed by atoms with Gasteiger partial charge in [-0.2, -0.15) is 0 Å². The predicted octanol–water partition coefficient (Wildman–Crippen LogP) is 2.34. The van der Waals surface area contributed by atoms with Crippen LogP contribution < -0.4 is 5.73 Å². The number of nitro groups is 1. The number of nitrogens with two attached hydrogens (primary N) is 1. The van der Waals surface area contributed by atoms with E-state index in [1.807, 2.05) is 0 Å². The van der Waals surface area contributed by atoms with Gasteiger partial charge in [-0.15, -0.1) is 19.0 Å². The number of rotatable bonds is 3. The Kier molecular flexibility index (Phi) is 4.90. The second kappa shape index (κ2) is 5.43. The third-order valence-corrected chi connectivity index (χ3v) is 1.80. The summed E-state index contributed by atoms with van der Waals surface area (Å²) in [5.41, 5.74) is 5.47. The minimum atomic E-state index is -0.665. The zero-order valence-electron chi connectivity index (χ0n) is 7.72. The molecule has 0 radical (unpaired) electrons. The Bertz CT molecular complexity index is 384. The van der Waals surface area contributed by atoms with Crippen molar-refractivity contribution in [3.8, 4) is 0 Å². The van der Waals surface area contributed by atoms with Crippen molar-refractivity contribution in [2.24, 2.45) is 5.73 Å². The predicted molar refractivity (Wildman–Crippen MR) is 57.4 cm³/mol. The number of nitro benzene ring substituents is 1. The number of nitrogens with zero attached hydrogens (tertiary/aromatic N) is 1. The lowest BCUT2D eigenvalue weighted by molar-refractivity contribution is -0.385. The van der Waals surface area contributed by atoms with Crippen LogP contribution in [-0.2, 0) is 0 Å². The van der Waals surface area contributed by atoms with Crippen LogP contribution in [0.2, 0.25) is 0 Å². The maximum absolute atomic E-state index is 12.7. The molecule has 82 valence electrons. The second-order valence-electron chi connectivity index (χ2n) is 2.72. The molecule has 0 bridgehead atoms. The van der Waals surface area contributed by atoms with Crippen LogP contribution in [0, 0.1) is 15.9 Å². The Balaban J connectivity index is 0.00000196. The molecule has 0 aromatic heterocycles. The highest BCUT2D eigenvalue weighted by atomic mass is 35.5. The van der Waals surface area contributed by atoms with E-state index in [4.69, 9.17) is 5.73 Å². The van der Waals surface area contributed by atoms with E-state index < -0.39 is 16.8 Å². The molecule has 0 amide bonds. The Labute approximate surface area is 92.1 Å². The molecule has 2 N–H and O–H groups in total. The summed E-state index contributed by atoms with van der Waals surface area (Å²) < 4.78 is 12.7. The molecule has 0 aliphatic carbocycles. The van der Waals surface area contributed by atoms with Crippen molar-refractivity contribution in [1.82, 2.24) is 0 Å². The fraction of sp³-hybridized carbons (Fsp3) is 0.111. The average Bonchev–Trinajstić information content (AvgIpc) is 2.16. The highest BCUT2D eigenvalue weighted by Crippen LogP contribution is 2.24. The summed E-state index contributed by atoms with van der Waals surface area (Å²) in [5, 5.41) is 10.5. The van der Waals surface area contributed by atoms with Crippen molar-refractivity contribution in [3.05, 3.63) is 52.3 Å². The van der Waals surface area contributed by atoms with Gasteiger partial charge in [-0.3, -0.25) is 10.1 Å². The maximum Gasteiger partial charge on any atom is 0.277 e. The van der Waals surface area contributed by atoms with Gasteiger partial charge in [0, 0.05) is 0 Å². The fourth-order valence-corrected chi connectivity index (χ4v) is 1.08. The Morgan fingerprint density at radius 3 is 2.67 bits per heavy atom. The molecule has 1 atom stereocenters. The molecule has 0 heterocycles. The van der Waals surface area contributed by atoms with E-state index >= 15 is 0 Å². The number of hydrogen-bond donors (Lipinski definition) is 1. The normalized spacial score (nSPS) is 11.3. The first-order valence-electron chi connectivity index (χ1n) is 3.88. The largest absolute Gasteiger partial charge is 0.321 e. The van der Waals surface area contributed by atoms with E-state index in [1.165, 1.54) is 12.1 Å². The van der Waals surface area contributed by atoms with Crippen molar-refractivity contribution in [2.45, 2.75) is 6.04 Å². The number of hydrogen-bond acceptors (Lipinski definition) is 3. The van der Waals surface area contributed by atoms with E-state index in [2.05, 4.69) is 6.58 Å². The van der Waals surface area contributed by atoms with Crippen molar-refractivity contribution in [3.63, 3.8) is 0 Å². The summed E-state index contributed by atoms with van der Waals surface area (Å²) >= 11 is 0. The smallest absolute Gasteiger partial charge is 0.277 e. The average molecular weight is 233 g/mol. The fourth-order valence-electron chi connectivity index (χ4n) is 1.08. The van der Waals surface area contributed by atoms with Gasteiger partial charge < -0.3 is 5.73 Å². The SMILES string of the molecule is C=C[C@H](N)c1ccc(F)cc1[N+](=O)[O-].Cl. The first kappa shape index (κ1) is 13.5. The minimum Gasteiger partial charge on any atom is -0.321 e. The van der Waals surface area contributed by atoms with Gasteiger partial charge in [0.15, 0.2) is 0 Å². The molecule has 15 heavy (non-hydrogen) atoms. The maximum atomic E-state index is 12.7. The summed E-state index contributed by atoms with van der Waals surface area (Å²) in [6.07, 6.45) is 1.36. The van der Waals surface area contributed by atoms with Crippen molar-refractivity contribution in [2.75, 3.05) is 0 Å². The zero-order chi connectivity index (χ0) is 10.7. The quantitative estimate of drug-likeness (QED) is 0.494. The van der Waals surface area contributed by atoms with Gasteiger partial charge in [0.25, 0.3) is 5.69 Å². The standard InChI is InChI=1S/C9H9FN2O2.ClH/c1-2-8(11)7-4-3-6(10)5-9(7)12(13)14;/h2-5,8H,1,11H2;1H/t8-;/m0./s1. The van der Waals surface area contributed by atoms with E-state index in [0.29, 0.717) is 0 Å². The van der Waals surface area contributed by atoms with Crippen LogP contribution in [-0.4, -0.2) is 4.92 Å². The van der Waals surface area contributed by atoms with Crippen molar-refractivity contribution in [1.29, 1.82) is 0 Å². The lowest BCUT2D eigenvalue weighted by Crippen LogP contribution is -2.09. The lowest BCUT2D eigenvalue weighted by Gasteiger charge is -2.06. The summed E-state index contributed by atoms with van der Waals surface area (Å²) in [6.45, 7) is 3.42. The second-order valence-corrected chi connectivity index (χ2v) is 2.72. The van der Waals surface area contributed by atoms with Crippen LogP contribution in [0.4, 0.5) is 10.1 Å². The molecular weight excluding hydrogens is 223 g/mol. The van der Waals surface area contributed by atoms with Crippen molar-refractivity contribution >= 4 is 18.1 Å². The Morgan fingerprint density at radius 2 is 2.20 bits per heavy atom. The monoisotopic (exact) mass is 232 g/mol. The topological polar surface area (TPSA) is 69.2 Å². The van der Waals surface area contributed by atoms with Gasteiger partial charge in [0.05, 0.1) is 22.6 Å². The van der Waals surface area contributed by atoms with Gasteiger partial charge in [0.2, 0.25) is 0 Å². The lowest BCUT2D eigenvalue weighted by atomic mass is 10.1.